The van der Waals surface area contributed by atoms with E-state index in [0.29, 0.717) is 18.3 Å². The highest BCUT2D eigenvalue weighted by Gasteiger charge is 2.22. The Morgan fingerprint density at radius 2 is 2.44 bits per heavy atom. The molecule has 0 spiro atoms. The van der Waals surface area contributed by atoms with Gasteiger partial charge in [-0.25, -0.2) is 4.98 Å². The van der Waals surface area contributed by atoms with E-state index in [1.54, 1.807) is 11.3 Å². The lowest BCUT2D eigenvalue weighted by molar-refractivity contribution is 0.509. The monoisotopic (exact) mass is 264 g/mol. The third kappa shape index (κ3) is 1.86. The molecule has 2 aromatic rings. The predicted molar refractivity (Wildman–Crippen MR) is 72.5 cm³/mol. The normalized spacial score (nSPS) is 19.1. The molecule has 4 N–H and O–H groups in total. The summed E-state index contributed by atoms with van der Waals surface area (Å²) in [7, 11) is 0. The first-order valence-corrected chi connectivity index (χ1v) is 6.97. The number of nitrogens with one attached hydrogen (secondary N) is 2. The first-order chi connectivity index (χ1) is 8.69. The van der Waals surface area contributed by atoms with Gasteiger partial charge in [0.1, 0.15) is 10.7 Å². The molecule has 0 fully saturated rings. The fourth-order valence-electron chi connectivity index (χ4n) is 2.57. The van der Waals surface area contributed by atoms with E-state index in [4.69, 9.17) is 5.84 Å². The van der Waals surface area contributed by atoms with Gasteiger partial charge in [0, 0.05) is 4.88 Å². The molecule has 0 amide bonds. The number of hydrazine groups is 1. The minimum atomic E-state index is -0.0303. The van der Waals surface area contributed by atoms with Gasteiger partial charge in [-0.05, 0) is 30.7 Å². The van der Waals surface area contributed by atoms with Crippen LogP contribution in [0.1, 0.15) is 29.6 Å². The Balaban J connectivity index is 2.19. The molecule has 96 valence electrons. The Morgan fingerprint density at radius 3 is 3.22 bits per heavy atom. The van der Waals surface area contributed by atoms with Crippen LogP contribution in [0.4, 0.5) is 0 Å². The Kier molecular flexibility index (Phi) is 2.93. The van der Waals surface area contributed by atoms with Crippen molar-refractivity contribution in [1.29, 1.82) is 0 Å². The van der Waals surface area contributed by atoms with E-state index in [1.807, 2.05) is 0 Å². The maximum atomic E-state index is 12.1. The van der Waals surface area contributed by atoms with Crippen molar-refractivity contribution in [2.75, 3.05) is 0 Å². The van der Waals surface area contributed by atoms with Gasteiger partial charge < -0.3 is 4.98 Å². The summed E-state index contributed by atoms with van der Waals surface area (Å²) in [5, 5.41) is 0.794. The SMILES string of the molecule is CC1CCc2c(sc3nc(CNN)[nH]c(=O)c23)C1. The van der Waals surface area contributed by atoms with Crippen LogP contribution >= 0.6 is 11.3 Å². The maximum absolute atomic E-state index is 12.1. The molecule has 0 aromatic carbocycles. The quantitative estimate of drug-likeness (QED) is 0.559. The second-order valence-corrected chi connectivity index (χ2v) is 6.01. The van der Waals surface area contributed by atoms with Crippen LogP contribution in [0.15, 0.2) is 4.79 Å². The molecule has 0 bridgehead atoms. The minimum absolute atomic E-state index is 0.0303. The smallest absolute Gasteiger partial charge is 0.259 e. The van der Waals surface area contributed by atoms with Crippen molar-refractivity contribution in [2.24, 2.45) is 11.8 Å². The number of nitrogens with zero attached hydrogens (tertiary/aromatic N) is 1. The molecule has 0 saturated heterocycles. The highest BCUT2D eigenvalue weighted by Crippen LogP contribution is 2.35. The summed E-state index contributed by atoms with van der Waals surface area (Å²) in [4.78, 5) is 21.6. The van der Waals surface area contributed by atoms with E-state index >= 15 is 0 Å². The average Bonchev–Trinajstić information content (AvgIpc) is 2.66. The number of aryl methyl sites for hydroxylation is 1. The summed E-state index contributed by atoms with van der Waals surface area (Å²) in [6.45, 7) is 2.64. The van der Waals surface area contributed by atoms with Crippen molar-refractivity contribution in [3.63, 3.8) is 0 Å². The van der Waals surface area contributed by atoms with Crippen molar-refractivity contribution in [1.82, 2.24) is 15.4 Å². The van der Waals surface area contributed by atoms with E-state index in [9.17, 15) is 4.79 Å². The molecule has 2 heterocycles. The summed E-state index contributed by atoms with van der Waals surface area (Å²) in [5.41, 5.74) is 3.70. The largest absolute Gasteiger partial charge is 0.309 e. The van der Waals surface area contributed by atoms with Crippen molar-refractivity contribution >= 4 is 21.6 Å². The standard InChI is InChI=1S/C12H16N4OS/c1-6-2-3-7-8(4-6)18-12-10(7)11(17)15-9(16-12)5-14-13/h6,14H,2-5,13H2,1H3,(H,15,16,17). The molecule has 2 aromatic heterocycles. The number of aromatic amines is 1. The summed E-state index contributed by atoms with van der Waals surface area (Å²) in [5.74, 6) is 6.56. The lowest BCUT2D eigenvalue weighted by Crippen LogP contribution is -2.24. The molecule has 18 heavy (non-hydrogen) atoms. The van der Waals surface area contributed by atoms with Crippen molar-refractivity contribution in [3.05, 3.63) is 26.6 Å². The molecule has 3 rings (SSSR count). The number of hydrogen-bond donors (Lipinski definition) is 3. The van der Waals surface area contributed by atoms with Crippen LogP contribution in [0.3, 0.4) is 0 Å². The Hall–Kier alpha value is -1.24. The lowest BCUT2D eigenvalue weighted by atomic mass is 9.89. The summed E-state index contributed by atoms with van der Waals surface area (Å²) < 4.78 is 0. The zero-order valence-corrected chi connectivity index (χ0v) is 11.1. The topological polar surface area (TPSA) is 83.8 Å². The number of fused-ring (bicyclic) bond motifs is 3. The molecule has 0 saturated carbocycles. The van der Waals surface area contributed by atoms with E-state index < -0.39 is 0 Å². The van der Waals surface area contributed by atoms with Gasteiger partial charge in [-0.15, -0.1) is 11.3 Å². The molecule has 1 unspecified atom stereocenters. The van der Waals surface area contributed by atoms with Crippen LogP contribution in [0, 0.1) is 5.92 Å². The Morgan fingerprint density at radius 1 is 1.61 bits per heavy atom. The second kappa shape index (κ2) is 4.46. The van der Waals surface area contributed by atoms with Gasteiger partial charge in [0.15, 0.2) is 0 Å². The number of H-pyrrole nitrogens is 1. The number of nitrogens with two attached hydrogens (primary N) is 1. The van der Waals surface area contributed by atoms with Crippen LogP contribution in [-0.2, 0) is 19.4 Å². The third-order valence-corrected chi connectivity index (χ3v) is 4.63. The summed E-state index contributed by atoms with van der Waals surface area (Å²) in [6, 6.07) is 0. The molecule has 1 aliphatic carbocycles. The highest BCUT2D eigenvalue weighted by molar-refractivity contribution is 7.18. The van der Waals surface area contributed by atoms with Gasteiger partial charge in [0.2, 0.25) is 0 Å². The molecule has 1 aliphatic rings. The van der Waals surface area contributed by atoms with Gasteiger partial charge in [0.25, 0.3) is 5.56 Å². The summed E-state index contributed by atoms with van der Waals surface area (Å²) >= 11 is 1.66. The highest BCUT2D eigenvalue weighted by atomic mass is 32.1. The van der Waals surface area contributed by atoms with Crippen LogP contribution in [-0.4, -0.2) is 9.97 Å². The maximum Gasteiger partial charge on any atom is 0.259 e. The zero-order chi connectivity index (χ0) is 12.7. The lowest BCUT2D eigenvalue weighted by Gasteiger charge is -2.17. The molecule has 1 atom stereocenters. The average molecular weight is 264 g/mol. The van der Waals surface area contributed by atoms with Gasteiger partial charge in [-0.2, -0.15) is 0 Å². The molecule has 0 radical (unpaired) electrons. The number of thiophene rings is 1. The Labute approximate surface area is 108 Å². The van der Waals surface area contributed by atoms with E-state index in [2.05, 4.69) is 22.3 Å². The fraction of sp³-hybridized carbons (Fsp3) is 0.500. The van der Waals surface area contributed by atoms with E-state index in [-0.39, 0.29) is 5.56 Å². The summed E-state index contributed by atoms with van der Waals surface area (Å²) in [6.07, 6.45) is 3.22. The van der Waals surface area contributed by atoms with Crippen molar-refractivity contribution in [3.8, 4) is 0 Å². The minimum Gasteiger partial charge on any atom is -0.309 e. The van der Waals surface area contributed by atoms with Crippen molar-refractivity contribution < 1.29 is 0 Å². The van der Waals surface area contributed by atoms with Crippen LogP contribution < -0.4 is 16.8 Å². The van der Waals surface area contributed by atoms with Crippen LogP contribution in [0.25, 0.3) is 10.2 Å². The Bertz CT molecular complexity index is 645. The number of aromatic nitrogens is 2. The number of rotatable bonds is 2. The van der Waals surface area contributed by atoms with Gasteiger partial charge >= 0.3 is 0 Å². The molecular weight excluding hydrogens is 248 g/mol. The van der Waals surface area contributed by atoms with Gasteiger partial charge in [-0.1, -0.05) is 6.92 Å². The van der Waals surface area contributed by atoms with Crippen LogP contribution in [0.2, 0.25) is 0 Å². The third-order valence-electron chi connectivity index (χ3n) is 3.48. The van der Waals surface area contributed by atoms with Gasteiger partial charge in [-0.3, -0.25) is 16.1 Å². The first kappa shape index (κ1) is 11.8. The zero-order valence-electron chi connectivity index (χ0n) is 10.2. The predicted octanol–water partition coefficient (Wildman–Crippen LogP) is 1.07. The molecule has 6 heteroatoms. The van der Waals surface area contributed by atoms with Gasteiger partial charge in [0.05, 0.1) is 11.9 Å². The molecule has 5 nitrogen and oxygen atoms in total. The molecular formula is C12H16N4OS. The van der Waals surface area contributed by atoms with E-state index in [0.717, 1.165) is 29.5 Å². The second-order valence-electron chi connectivity index (χ2n) is 4.93. The van der Waals surface area contributed by atoms with Crippen molar-refractivity contribution in [2.45, 2.75) is 32.7 Å². The van der Waals surface area contributed by atoms with E-state index in [1.165, 1.54) is 10.4 Å². The molecule has 0 aliphatic heterocycles. The van der Waals surface area contributed by atoms with Crippen LogP contribution in [0.5, 0.6) is 0 Å². The fourth-order valence-corrected chi connectivity index (χ4v) is 3.98. The number of hydrogen-bond acceptors (Lipinski definition) is 5. The first-order valence-electron chi connectivity index (χ1n) is 6.16.